The lowest BCUT2D eigenvalue weighted by Crippen LogP contribution is -2.36. The highest BCUT2D eigenvalue weighted by Gasteiger charge is 2.60. The summed E-state index contributed by atoms with van der Waals surface area (Å²) in [5.74, 6) is -0.432. The van der Waals surface area contributed by atoms with Crippen molar-refractivity contribution in [1.82, 2.24) is 0 Å². The molecule has 4 rings (SSSR count). The summed E-state index contributed by atoms with van der Waals surface area (Å²) >= 11 is 0. The topological polar surface area (TPSA) is 18.5 Å². The Bertz CT molecular complexity index is 486. The second kappa shape index (κ2) is 3.37. The molecule has 2 aliphatic carbocycles. The van der Waals surface area contributed by atoms with E-state index < -0.39 is 5.79 Å². The van der Waals surface area contributed by atoms with Gasteiger partial charge in [-0.3, -0.25) is 0 Å². The molecular weight excluding hydrogens is 224 g/mol. The van der Waals surface area contributed by atoms with Crippen LogP contribution in [-0.2, 0) is 14.9 Å². The minimum atomic E-state index is -0.432. The van der Waals surface area contributed by atoms with E-state index in [0.29, 0.717) is 0 Å². The van der Waals surface area contributed by atoms with Crippen molar-refractivity contribution in [1.29, 1.82) is 0 Å². The van der Waals surface area contributed by atoms with Crippen molar-refractivity contribution >= 4 is 0 Å². The summed E-state index contributed by atoms with van der Waals surface area (Å²) in [4.78, 5) is 0. The Hall–Kier alpha value is -0.860. The van der Waals surface area contributed by atoms with E-state index in [4.69, 9.17) is 9.47 Å². The lowest BCUT2D eigenvalue weighted by atomic mass is 9.78. The summed E-state index contributed by atoms with van der Waals surface area (Å²) in [5.41, 5.74) is 3.10. The maximum Gasteiger partial charge on any atom is 0.164 e. The zero-order valence-electron chi connectivity index (χ0n) is 11.1. The summed E-state index contributed by atoms with van der Waals surface area (Å²) in [5, 5.41) is 0. The highest BCUT2D eigenvalue weighted by Crippen LogP contribution is 2.60. The summed E-state index contributed by atoms with van der Waals surface area (Å²) in [6, 6.07) is 8.80. The average molecular weight is 244 g/mol. The molecule has 1 saturated carbocycles. The summed E-state index contributed by atoms with van der Waals surface area (Å²) in [7, 11) is 0. The van der Waals surface area contributed by atoms with Crippen LogP contribution in [0.3, 0.4) is 0 Å². The predicted octanol–water partition coefficient (Wildman–Crippen LogP) is 3.70. The molecule has 0 amide bonds. The van der Waals surface area contributed by atoms with E-state index in [2.05, 4.69) is 24.3 Å². The van der Waals surface area contributed by atoms with Gasteiger partial charge in [0.2, 0.25) is 0 Å². The van der Waals surface area contributed by atoms with Gasteiger partial charge in [-0.05, 0) is 37.8 Å². The fraction of sp³-hybridized carbons (Fsp3) is 0.625. The van der Waals surface area contributed by atoms with Crippen LogP contribution < -0.4 is 0 Å². The average Bonchev–Trinajstić information content (AvgIpc) is 2.98. The smallest absolute Gasteiger partial charge is 0.164 e. The number of hydrogen-bond donors (Lipinski definition) is 0. The minimum Gasteiger partial charge on any atom is -0.343 e. The lowest BCUT2D eigenvalue weighted by Gasteiger charge is -2.32. The molecule has 1 spiro atoms. The molecule has 18 heavy (non-hydrogen) atoms. The Morgan fingerprint density at radius 3 is 2.56 bits per heavy atom. The van der Waals surface area contributed by atoms with Crippen LogP contribution in [0.25, 0.3) is 0 Å². The quantitative estimate of drug-likeness (QED) is 0.692. The van der Waals surface area contributed by atoms with Crippen LogP contribution in [0.1, 0.15) is 56.8 Å². The first kappa shape index (κ1) is 11.0. The molecule has 2 heteroatoms. The van der Waals surface area contributed by atoms with Crippen molar-refractivity contribution in [2.75, 3.05) is 0 Å². The standard InChI is InChI=1S/C16H20O2/c1-15(2)17-13-11-7-3-4-8-12(11)16(14(13)18-15)9-5-6-10-16/h3-4,7-8,13-14H,5-6,9-10H2,1-2H3. The number of fused-ring (bicyclic) bond motifs is 5. The SMILES string of the molecule is CC1(C)OC2c3ccccc3C3(CCCC3)C2O1. The van der Waals surface area contributed by atoms with E-state index in [1.165, 1.54) is 36.8 Å². The number of rotatable bonds is 0. The van der Waals surface area contributed by atoms with Gasteiger partial charge in [-0.15, -0.1) is 0 Å². The molecule has 1 aliphatic heterocycles. The van der Waals surface area contributed by atoms with Gasteiger partial charge in [0.15, 0.2) is 5.79 Å². The number of ether oxygens (including phenoxy) is 2. The lowest BCUT2D eigenvalue weighted by molar-refractivity contribution is -0.155. The molecule has 0 bridgehead atoms. The highest BCUT2D eigenvalue weighted by molar-refractivity contribution is 5.45. The zero-order chi connectivity index (χ0) is 12.4. The molecule has 3 aliphatic rings. The minimum absolute atomic E-state index is 0.147. The maximum atomic E-state index is 6.27. The molecule has 1 heterocycles. The monoisotopic (exact) mass is 244 g/mol. The third-order valence-corrected chi connectivity index (χ3v) is 4.94. The second-order valence-corrected chi connectivity index (χ2v) is 6.43. The van der Waals surface area contributed by atoms with Crippen molar-refractivity contribution in [2.45, 2.75) is 62.9 Å². The van der Waals surface area contributed by atoms with Crippen molar-refractivity contribution in [3.8, 4) is 0 Å². The zero-order valence-corrected chi connectivity index (χ0v) is 11.1. The van der Waals surface area contributed by atoms with E-state index in [0.717, 1.165) is 0 Å². The molecular formula is C16H20O2. The van der Waals surface area contributed by atoms with Crippen LogP contribution in [0.4, 0.5) is 0 Å². The molecule has 0 aromatic heterocycles. The van der Waals surface area contributed by atoms with Crippen molar-refractivity contribution in [2.24, 2.45) is 0 Å². The van der Waals surface area contributed by atoms with Crippen molar-refractivity contribution < 1.29 is 9.47 Å². The molecule has 2 nitrogen and oxygen atoms in total. The Morgan fingerprint density at radius 1 is 1.06 bits per heavy atom. The maximum absolute atomic E-state index is 6.27. The van der Waals surface area contributed by atoms with Gasteiger partial charge < -0.3 is 9.47 Å². The second-order valence-electron chi connectivity index (χ2n) is 6.43. The molecule has 1 aromatic carbocycles. The summed E-state index contributed by atoms with van der Waals surface area (Å²) in [6.07, 6.45) is 5.53. The van der Waals surface area contributed by atoms with Crippen LogP contribution in [0.2, 0.25) is 0 Å². The van der Waals surface area contributed by atoms with Crippen LogP contribution in [0.15, 0.2) is 24.3 Å². The van der Waals surface area contributed by atoms with Gasteiger partial charge in [0, 0.05) is 5.41 Å². The van der Waals surface area contributed by atoms with Crippen molar-refractivity contribution in [3.63, 3.8) is 0 Å². The molecule has 2 atom stereocenters. The van der Waals surface area contributed by atoms with Crippen LogP contribution in [-0.4, -0.2) is 11.9 Å². The van der Waals surface area contributed by atoms with Crippen molar-refractivity contribution in [3.05, 3.63) is 35.4 Å². The third kappa shape index (κ3) is 1.25. The van der Waals surface area contributed by atoms with E-state index in [1.54, 1.807) is 0 Å². The summed E-state index contributed by atoms with van der Waals surface area (Å²) in [6.45, 7) is 4.08. The Morgan fingerprint density at radius 2 is 1.78 bits per heavy atom. The van der Waals surface area contributed by atoms with E-state index in [-0.39, 0.29) is 17.6 Å². The first-order chi connectivity index (χ1) is 8.62. The summed E-state index contributed by atoms with van der Waals surface area (Å²) < 4.78 is 12.4. The third-order valence-electron chi connectivity index (χ3n) is 4.94. The molecule has 2 unspecified atom stereocenters. The molecule has 0 radical (unpaired) electrons. The van der Waals surface area contributed by atoms with Gasteiger partial charge in [0.25, 0.3) is 0 Å². The number of benzene rings is 1. The molecule has 0 N–H and O–H groups in total. The molecule has 1 saturated heterocycles. The number of hydrogen-bond acceptors (Lipinski definition) is 2. The first-order valence-electron chi connectivity index (χ1n) is 7.07. The Kier molecular flexibility index (Phi) is 2.06. The molecule has 2 fully saturated rings. The molecule has 96 valence electrons. The van der Waals surface area contributed by atoms with Crippen LogP contribution in [0, 0.1) is 0 Å². The Balaban J connectivity index is 1.88. The highest BCUT2D eigenvalue weighted by atomic mass is 16.8. The normalized spacial score (nSPS) is 34.8. The predicted molar refractivity (Wildman–Crippen MR) is 69.4 cm³/mol. The molecule has 1 aromatic rings. The van der Waals surface area contributed by atoms with E-state index in [9.17, 15) is 0 Å². The Labute approximate surface area is 108 Å². The largest absolute Gasteiger partial charge is 0.343 e. The van der Waals surface area contributed by atoms with Gasteiger partial charge in [0.1, 0.15) is 12.2 Å². The van der Waals surface area contributed by atoms with Crippen LogP contribution in [0.5, 0.6) is 0 Å². The first-order valence-corrected chi connectivity index (χ1v) is 7.07. The van der Waals surface area contributed by atoms with Crippen LogP contribution >= 0.6 is 0 Å². The van der Waals surface area contributed by atoms with Gasteiger partial charge in [0.05, 0.1) is 0 Å². The van der Waals surface area contributed by atoms with Gasteiger partial charge in [-0.1, -0.05) is 37.1 Å². The van der Waals surface area contributed by atoms with Gasteiger partial charge >= 0.3 is 0 Å². The van der Waals surface area contributed by atoms with Gasteiger partial charge in [-0.25, -0.2) is 0 Å². The van der Waals surface area contributed by atoms with E-state index in [1.807, 2.05) is 13.8 Å². The fourth-order valence-electron chi connectivity index (χ4n) is 4.30. The van der Waals surface area contributed by atoms with E-state index >= 15 is 0 Å². The van der Waals surface area contributed by atoms with Gasteiger partial charge in [-0.2, -0.15) is 0 Å². The fourth-order valence-corrected chi connectivity index (χ4v) is 4.30.